The minimum Gasteiger partial charge on any atom is -0.291 e. The third kappa shape index (κ3) is 4.06. The molecule has 4 heteroatoms. The monoisotopic (exact) mass is 170 g/mol. The maximum absolute atomic E-state index is 10.1. The molecule has 0 N–H and O–H groups in total. The smallest absolute Gasteiger partial charge is 0.263 e. The summed E-state index contributed by atoms with van der Waals surface area (Å²) >= 11 is 0. The molecule has 0 aromatic rings. The molecule has 0 fully saturated rings. The van der Waals surface area contributed by atoms with E-state index in [1.165, 1.54) is 0 Å². The van der Waals surface area contributed by atoms with Gasteiger partial charge in [0.2, 0.25) is 11.6 Å². The first kappa shape index (κ1) is 11.3. The van der Waals surface area contributed by atoms with E-state index < -0.39 is 17.3 Å². The van der Waals surface area contributed by atoms with Gasteiger partial charge in [-0.3, -0.25) is 14.4 Å². The van der Waals surface area contributed by atoms with E-state index in [2.05, 4.69) is 0 Å². The molecule has 0 atom stereocenters. The van der Waals surface area contributed by atoms with Gasteiger partial charge in [0.15, 0.2) is 0 Å². The molecule has 0 aliphatic carbocycles. The Bertz CT molecular complexity index is 134. The van der Waals surface area contributed by atoms with Crippen molar-refractivity contribution in [1.82, 2.24) is 0 Å². The van der Waals surface area contributed by atoms with E-state index in [4.69, 9.17) is 0 Å². The molecule has 0 aliphatic heterocycles. The third-order valence-corrected chi connectivity index (χ3v) is 0.640. The van der Waals surface area contributed by atoms with Crippen molar-refractivity contribution in [3.63, 3.8) is 0 Å². The Morgan fingerprint density at radius 1 is 0.889 bits per heavy atom. The van der Waals surface area contributed by atoms with Gasteiger partial charge in [0, 0.05) is 30.9 Å². The zero-order chi connectivity index (χ0) is 6.73. The van der Waals surface area contributed by atoms with Crippen LogP contribution in [0.1, 0.15) is 13.8 Å². The first-order chi connectivity index (χ1) is 3.55. The first-order valence-corrected chi connectivity index (χ1v) is 2.11. The molecule has 0 bridgehead atoms. The van der Waals surface area contributed by atoms with Gasteiger partial charge in [0.25, 0.3) is 5.78 Å². The minimum absolute atomic E-state index is 0. The average molecular weight is 170 g/mol. The van der Waals surface area contributed by atoms with E-state index in [1.807, 2.05) is 0 Å². The van der Waals surface area contributed by atoms with Gasteiger partial charge in [-0.1, -0.05) is 0 Å². The Balaban J connectivity index is 0. The Kier molecular flexibility index (Phi) is 5.56. The first-order valence-electron chi connectivity index (χ1n) is 2.11. The predicted octanol–water partition coefficient (Wildman–Crippen LogP) is -0.269. The summed E-state index contributed by atoms with van der Waals surface area (Å²) in [6, 6.07) is 0. The van der Waals surface area contributed by atoms with Crippen LogP contribution in [0, 0.1) is 0 Å². The molecule has 3 nitrogen and oxygen atoms in total. The van der Waals surface area contributed by atoms with Crippen molar-refractivity contribution in [3.8, 4) is 0 Å². The van der Waals surface area contributed by atoms with Crippen LogP contribution in [-0.2, 0) is 31.5 Å². The van der Waals surface area contributed by atoms with Crippen molar-refractivity contribution in [3.05, 3.63) is 0 Å². The van der Waals surface area contributed by atoms with E-state index in [9.17, 15) is 14.4 Å². The van der Waals surface area contributed by atoms with Crippen LogP contribution in [0.15, 0.2) is 0 Å². The molecule has 9 heavy (non-hydrogen) atoms. The predicted molar refractivity (Wildman–Crippen MR) is 26.4 cm³/mol. The molecular weight excluding hydrogens is 164 g/mol. The summed E-state index contributed by atoms with van der Waals surface area (Å²) in [5.41, 5.74) is 0. The molecule has 0 rings (SSSR count). The number of ketones is 3. The molecule has 0 amide bonds. The van der Waals surface area contributed by atoms with Gasteiger partial charge in [-0.15, -0.1) is 0 Å². The van der Waals surface area contributed by atoms with Crippen molar-refractivity contribution in [2.45, 2.75) is 13.8 Å². The van der Waals surface area contributed by atoms with Crippen molar-refractivity contribution in [2.24, 2.45) is 0 Å². The number of carbonyl (C=O) groups excluding carboxylic acids is 3. The average Bonchev–Trinajstić information content (AvgIpc) is 1.64. The largest absolute Gasteiger partial charge is 0.291 e. The van der Waals surface area contributed by atoms with E-state index in [0.717, 1.165) is 13.8 Å². The molecule has 0 aliphatic rings. The van der Waals surface area contributed by atoms with Crippen LogP contribution in [-0.4, -0.2) is 17.3 Å². The summed E-state index contributed by atoms with van der Waals surface area (Å²) in [4.78, 5) is 30.2. The van der Waals surface area contributed by atoms with E-state index in [-0.39, 0.29) is 17.1 Å². The second kappa shape index (κ2) is 4.41. The molecule has 0 saturated heterocycles. The van der Waals surface area contributed by atoms with Crippen LogP contribution in [0.2, 0.25) is 0 Å². The normalized spacial score (nSPS) is 7.33. The van der Waals surface area contributed by atoms with E-state index >= 15 is 0 Å². The Hall–Kier alpha value is -0.471. The van der Waals surface area contributed by atoms with Crippen LogP contribution >= 0.6 is 0 Å². The van der Waals surface area contributed by atoms with Gasteiger partial charge in [0.1, 0.15) is 0 Å². The van der Waals surface area contributed by atoms with Crippen LogP contribution in [0.25, 0.3) is 0 Å². The van der Waals surface area contributed by atoms with Crippen molar-refractivity contribution < 1.29 is 31.5 Å². The number of rotatable bonds is 2. The number of hydrogen-bond donors (Lipinski definition) is 0. The van der Waals surface area contributed by atoms with E-state index in [1.54, 1.807) is 0 Å². The summed E-state index contributed by atoms with van der Waals surface area (Å²) in [6.45, 7) is 2.15. The zero-order valence-electron chi connectivity index (χ0n) is 5.08. The Morgan fingerprint density at radius 2 is 1.11 bits per heavy atom. The molecule has 0 aromatic carbocycles. The topological polar surface area (TPSA) is 51.2 Å². The molecular formula is C5H6FeO3. The second-order valence-electron chi connectivity index (χ2n) is 1.44. The van der Waals surface area contributed by atoms with Crippen LogP contribution < -0.4 is 0 Å². The van der Waals surface area contributed by atoms with Gasteiger partial charge in [-0.25, -0.2) is 0 Å². The second-order valence-corrected chi connectivity index (χ2v) is 1.44. The maximum Gasteiger partial charge on any atom is 0.263 e. The number of hydrogen-bond acceptors (Lipinski definition) is 3. The fourth-order valence-electron chi connectivity index (χ4n) is 0.248. The summed E-state index contributed by atoms with van der Waals surface area (Å²) in [5, 5.41) is 0. The summed E-state index contributed by atoms with van der Waals surface area (Å²) < 4.78 is 0. The molecule has 52 valence electrons. The van der Waals surface area contributed by atoms with Crippen LogP contribution in [0.3, 0.4) is 0 Å². The standard InChI is InChI=1S/C5H6O3.Fe/c1-3(6)5(8)4(2)7;/h1-2H3;. The quantitative estimate of drug-likeness (QED) is 0.325. The van der Waals surface area contributed by atoms with Crippen molar-refractivity contribution >= 4 is 17.3 Å². The van der Waals surface area contributed by atoms with Gasteiger partial charge in [-0.05, 0) is 0 Å². The van der Waals surface area contributed by atoms with Gasteiger partial charge < -0.3 is 0 Å². The minimum atomic E-state index is -0.926. The molecule has 0 unspecified atom stereocenters. The molecule has 0 saturated carbocycles. The third-order valence-electron chi connectivity index (χ3n) is 0.640. The van der Waals surface area contributed by atoms with E-state index in [0.29, 0.717) is 0 Å². The van der Waals surface area contributed by atoms with Crippen LogP contribution in [0.5, 0.6) is 0 Å². The summed E-state index contributed by atoms with van der Waals surface area (Å²) in [7, 11) is 0. The van der Waals surface area contributed by atoms with Gasteiger partial charge >= 0.3 is 0 Å². The summed E-state index contributed by atoms with van der Waals surface area (Å²) in [6.07, 6.45) is 0. The SMILES string of the molecule is CC(=O)C(=O)C(C)=O.[Fe]. The Morgan fingerprint density at radius 3 is 1.11 bits per heavy atom. The molecule has 0 aromatic heterocycles. The Labute approximate surface area is 63.3 Å². The fraction of sp³-hybridized carbons (Fsp3) is 0.400. The molecule has 0 radical (unpaired) electrons. The van der Waals surface area contributed by atoms with Gasteiger partial charge in [-0.2, -0.15) is 0 Å². The molecule has 0 heterocycles. The van der Waals surface area contributed by atoms with Crippen molar-refractivity contribution in [2.75, 3.05) is 0 Å². The number of Topliss-reactive ketones (excluding diaryl/α,β-unsaturated/α-hetero) is 3. The maximum atomic E-state index is 10.1. The molecule has 0 spiro atoms. The van der Waals surface area contributed by atoms with Gasteiger partial charge in [0.05, 0.1) is 0 Å². The van der Waals surface area contributed by atoms with Crippen LogP contribution in [0.4, 0.5) is 0 Å². The summed E-state index contributed by atoms with van der Waals surface area (Å²) in [5.74, 6) is -2.32. The fourth-order valence-corrected chi connectivity index (χ4v) is 0.248. The number of carbonyl (C=O) groups is 3. The zero-order valence-corrected chi connectivity index (χ0v) is 6.18. The van der Waals surface area contributed by atoms with Crippen molar-refractivity contribution in [1.29, 1.82) is 0 Å².